The van der Waals surface area contributed by atoms with Crippen LogP contribution >= 0.6 is 0 Å². The molecule has 132 valence electrons. The third-order valence-corrected chi connectivity index (χ3v) is 6.69. The highest BCUT2D eigenvalue weighted by Gasteiger charge is 2.32. The van der Waals surface area contributed by atoms with Crippen LogP contribution in [-0.2, 0) is 9.84 Å². The van der Waals surface area contributed by atoms with Gasteiger partial charge in [-0.25, -0.2) is 8.42 Å². The summed E-state index contributed by atoms with van der Waals surface area (Å²) >= 11 is 0. The molecule has 3 heterocycles. The molecule has 2 aliphatic heterocycles. The largest absolute Gasteiger partial charge is 0.367 e. The molecule has 0 aliphatic carbocycles. The molecule has 0 bridgehead atoms. The summed E-state index contributed by atoms with van der Waals surface area (Å²) in [5, 5.41) is 0. The SMILES string of the molecule is CCN(c1cncc(C(=O)N2CCCCC2)c1)C1CCS(=O)(=O)C1. The van der Waals surface area contributed by atoms with Crippen molar-refractivity contribution < 1.29 is 13.2 Å². The van der Waals surface area contributed by atoms with Crippen molar-refractivity contribution in [2.45, 2.75) is 38.6 Å². The van der Waals surface area contributed by atoms with Gasteiger partial charge in [0.25, 0.3) is 5.91 Å². The zero-order valence-corrected chi connectivity index (χ0v) is 15.0. The highest BCUT2D eigenvalue weighted by atomic mass is 32.2. The van der Waals surface area contributed by atoms with E-state index in [1.54, 1.807) is 12.4 Å². The maximum Gasteiger partial charge on any atom is 0.255 e. The minimum atomic E-state index is -2.94. The quantitative estimate of drug-likeness (QED) is 0.826. The molecule has 1 amide bonds. The normalized spacial score (nSPS) is 23.2. The minimum Gasteiger partial charge on any atom is -0.367 e. The third-order valence-electron chi connectivity index (χ3n) is 4.94. The van der Waals surface area contributed by atoms with Crippen molar-refractivity contribution in [2.24, 2.45) is 0 Å². The lowest BCUT2D eigenvalue weighted by Gasteiger charge is -2.30. The molecule has 0 radical (unpaired) electrons. The van der Waals surface area contributed by atoms with Crippen LogP contribution in [0.3, 0.4) is 0 Å². The van der Waals surface area contributed by atoms with Crippen LogP contribution in [0.1, 0.15) is 43.0 Å². The second-order valence-corrected chi connectivity index (χ2v) is 8.86. The topological polar surface area (TPSA) is 70.6 Å². The number of rotatable bonds is 4. The summed E-state index contributed by atoms with van der Waals surface area (Å²) in [5.41, 5.74) is 1.43. The molecule has 24 heavy (non-hydrogen) atoms. The summed E-state index contributed by atoms with van der Waals surface area (Å²) in [5.74, 6) is 0.457. The van der Waals surface area contributed by atoms with Crippen molar-refractivity contribution >= 4 is 21.4 Å². The molecular weight excluding hydrogens is 326 g/mol. The Morgan fingerprint density at radius 2 is 2.04 bits per heavy atom. The lowest BCUT2D eigenvalue weighted by molar-refractivity contribution is 0.0724. The lowest BCUT2D eigenvalue weighted by atomic mass is 10.1. The molecule has 6 nitrogen and oxygen atoms in total. The predicted octanol–water partition coefficient (Wildman–Crippen LogP) is 1.72. The number of carbonyl (C=O) groups excluding carboxylic acids is 1. The van der Waals surface area contributed by atoms with E-state index in [9.17, 15) is 13.2 Å². The van der Waals surface area contributed by atoms with Gasteiger partial charge in [0.2, 0.25) is 0 Å². The Balaban J connectivity index is 1.79. The highest BCUT2D eigenvalue weighted by molar-refractivity contribution is 7.91. The van der Waals surface area contributed by atoms with Crippen LogP contribution in [0.4, 0.5) is 5.69 Å². The molecule has 2 fully saturated rings. The molecule has 3 rings (SSSR count). The van der Waals surface area contributed by atoms with Crippen LogP contribution in [0.15, 0.2) is 18.5 Å². The van der Waals surface area contributed by atoms with Gasteiger partial charge in [-0.1, -0.05) is 0 Å². The van der Waals surface area contributed by atoms with Crippen molar-refractivity contribution in [1.82, 2.24) is 9.88 Å². The summed E-state index contributed by atoms with van der Waals surface area (Å²) in [7, 11) is -2.94. The van der Waals surface area contributed by atoms with E-state index < -0.39 is 9.84 Å². The highest BCUT2D eigenvalue weighted by Crippen LogP contribution is 2.25. The monoisotopic (exact) mass is 351 g/mol. The summed E-state index contributed by atoms with van der Waals surface area (Å²) in [6.45, 7) is 4.32. The third kappa shape index (κ3) is 3.71. The maximum atomic E-state index is 12.7. The first-order chi connectivity index (χ1) is 11.5. The summed E-state index contributed by atoms with van der Waals surface area (Å²) in [6.07, 6.45) is 7.27. The Labute approximate surface area is 143 Å². The summed E-state index contributed by atoms with van der Waals surface area (Å²) < 4.78 is 23.5. The van der Waals surface area contributed by atoms with Gasteiger partial charge < -0.3 is 9.80 Å². The molecule has 2 aliphatic rings. The molecular formula is C17H25N3O3S. The van der Waals surface area contributed by atoms with Gasteiger partial charge in [0, 0.05) is 31.9 Å². The van der Waals surface area contributed by atoms with Crippen LogP contribution in [0.5, 0.6) is 0 Å². The first-order valence-corrected chi connectivity index (χ1v) is 10.5. The predicted molar refractivity (Wildman–Crippen MR) is 94.1 cm³/mol. The second kappa shape index (κ2) is 7.09. The average Bonchev–Trinajstić information content (AvgIpc) is 2.95. The van der Waals surface area contributed by atoms with E-state index in [-0.39, 0.29) is 23.5 Å². The molecule has 1 atom stereocenters. The fraction of sp³-hybridized carbons (Fsp3) is 0.647. The molecule has 2 saturated heterocycles. The van der Waals surface area contributed by atoms with E-state index in [4.69, 9.17) is 0 Å². The average molecular weight is 351 g/mol. The van der Waals surface area contributed by atoms with Gasteiger partial charge in [-0.15, -0.1) is 0 Å². The number of pyridine rings is 1. The number of hydrogen-bond donors (Lipinski definition) is 0. The van der Waals surface area contributed by atoms with Crippen molar-refractivity contribution in [3.8, 4) is 0 Å². The minimum absolute atomic E-state index is 0.0258. The number of hydrogen-bond acceptors (Lipinski definition) is 5. The molecule has 0 N–H and O–H groups in total. The smallest absolute Gasteiger partial charge is 0.255 e. The number of amides is 1. The van der Waals surface area contributed by atoms with Crippen LogP contribution in [0.25, 0.3) is 0 Å². The fourth-order valence-corrected chi connectivity index (χ4v) is 5.38. The van der Waals surface area contributed by atoms with E-state index in [1.807, 2.05) is 17.9 Å². The first kappa shape index (κ1) is 17.2. The van der Waals surface area contributed by atoms with Crippen LogP contribution in [0.2, 0.25) is 0 Å². The zero-order valence-electron chi connectivity index (χ0n) is 14.1. The lowest BCUT2D eigenvalue weighted by Crippen LogP contribution is -2.37. The number of aromatic nitrogens is 1. The van der Waals surface area contributed by atoms with E-state index in [2.05, 4.69) is 9.88 Å². The van der Waals surface area contributed by atoms with E-state index in [1.165, 1.54) is 6.42 Å². The van der Waals surface area contributed by atoms with E-state index in [0.717, 1.165) is 31.6 Å². The van der Waals surface area contributed by atoms with Gasteiger partial charge in [0.15, 0.2) is 9.84 Å². The van der Waals surface area contributed by atoms with Crippen LogP contribution in [0, 0.1) is 0 Å². The fourth-order valence-electron chi connectivity index (χ4n) is 3.65. The summed E-state index contributed by atoms with van der Waals surface area (Å²) in [6, 6.07) is 1.83. The maximum absolute atomic E-state index is 12.7. The Bertz CT molecular complexity index is 699. The standard InChI is InChI=1S/C17H25N3O3S/c1-2-20(15-6-9-24(22,23)13-15)16-10-14(11-18-12-16)17(21)19-7-4-3-5-8-19/h10-12,15H,2-9,13H2,1H3. The van der Waals surface area contributed by atoms with Gasteiger partial charge >= 0.3 is 0 Å². The van der Waals surface area contributed by atoms with Crippen molar-refractivity contribution in [2.75, 3.05) is 36.0 Å². The second-order valence-electron chi connectivity index (χ2n) is 6.63. The number of piperidine rings is 1. The van der Waals surface area contributed by atoms with Gasteiger partial charge in [-0.2, -0.15) is 0 Å². The molecule has 0 spiro atoms. The Morgan fingerprint density at radius 3 is 2.67 bits per heavy atom. The Hall–Kier alpha value is -1.63. The zero-order chi connectivity index (χ0) is 17.2. The van der Waals surface area contributed by atoms with Gasteiger partial charge in [0.1, 0.15) is 0 Å². The molecule has 0 saturated carbocycles. The van der Waals surface area contributed by atoms with Crippen molar-refractivity contribution in [3.05, 3.63) is 24.0 Å². The molecule has 1 unspecified atom stereocenters. The summed E-state index contributed by atoms with van der Waals surface area (Å²) in [4.78, 5) is 20.8. The van der Waals surface area contributed by atoms with E-state index >= 15 is 0 Å². The Kier molecular flexibility index (Phi) is 5.08. The first-order valence-electron chi connectivity index (χ1n) is 8.71. The van der Waals surface area contributed by atoms with E-state index in [0.29, 0.717) is 18.5 Å². The molecule has 0 aromatic carbocycles. The number of sulfone groups is 1. The number of likely N-dealkylation sites (tertiary alicyclic amines) is 1. The van der Waals surface area contributed by atoms with Crippen molar-refractivity contribution in [1.29, 1.82) is 0 Å². The van der Waals surface area contributed by atoms with Crippen LogP contribution in [-0.4, -0.2) is 61.4 Å². The van der Waals surface area contributed by atoms with Crippen LogP contribution < -0.4 is 4.90 Å². The Morgan fingerprint density at radius 1 is 1.29 bits per heavy atom. The van der Waals surface area contributed by atoms with Crippen molar-refractivity contribution in [3.63, 3.8) is 0 Å². The van der Waals surface area contributed by atoms with Gasteiger partial charge in [0.05, 0.1) is 29.0 Å². The number of nitrogens with zero attached hydrogens (tertiary/aromatic N) is 3. The molecule has 1 aromatic heterocycles. The number of carbonyl (C=O) groups is 1. The molecule has 1 aromatic rings. The number of anilines is 1. The molecule has 7 heteroatoms. The van der Waals surface area contributed by atoms with Gasteiger partial charge in [-0.3, -0.25) is 9.78 Å². The van der Waals surface area contributed by atoms with Gasteiger partial charge in [-0.05, 0) is 38.7 Å².